The Bertz CT molecular complexity index is 320. The van der Waals surface area contributed by atoms with E-state index in [1.165, 1.54) is 6.07 Å². The zero-order chi connectivity index (χ0) is 8.77. The summed E-state index contributed by atoms with van der Waals surface area (Å²) in [7, 11) is 0. The van der Waals surface area contributed by atoms with Crippen molar-refractivity contribution in [2.75, 3.05) is 0 Å². The Labute approximate surface area is 74.8 Å². The zero-order valence-corrected chi connectivity index (χ0v) is 7.11. The molecule has 0 atom stereocenters. The van der Waals surface area contributed by atoms with Crippen LogP contribution >= 0.6 is 11.6 Å². The second-order valence-corrected chi connectivity index (χ2v) is 3.51. The fraction of sp³-hybridized carbons (Fsp3) is 0.333. The fourth-order valence-electron chi connectivity index (χ4n) is 1.25. The predicted molar refractivity (Wildman–Crippen MR) is 44.5 cm³/mol. The molecule has 0 radical (unpaired) electrons. The van der Waals surface area contributed by atoms with Crippen LogP contribution in [-0.2, 0) is 5.60 Å². The van der Waals surface area contributed by atoms with E-state index >= 15 is 0 Å². The molecular weight excluding hydrogens is 179 g/mol. The van der Waals surface area contributed by atoms with Crippen LogP contribution in [0.25, 0.3) is 0 Å². The summed E-state index contributed by atoms with van der Waals surface area (Å²) in [6.07, 6.45) is 1.35. The van der Waals surface area contributed by atoms with Gasteiger partial charge in [0.1, 0.15) is 5.82 Å². The van der Waals surface area contributed by atoms with Crippen LogP contribution in [0, 0.1) is 5.82 Å². The Kier molecular flexibility index (Phi) is 1.63. The van der Waals surface area contributed by atoms with Gasteiger partial charge in [-0.25, -0.2) is 4.39 Å². The van der Waals surface area contributed by atoms with Crippen molar-refractivity contribution >= 4 is 11.6 Å². The molecule has 0 unspecified atom stereocenters. The third kappa shape index (κ3) is 1.11. The summed E-state index contributed by atoms with van der Waals surface area (Å²) in [5, 5.41) is 9.71. The van der Waals surface area contributed by atoms with Gasteiger partial charge in [-0.1, -0.05) is 23.7 Å². The lowest BCUT2D eigenvalue weighted by molar-refractivity contribution is 0.151. The first-order valence-electron chi connectivity index (χ1n) is 3.80. The molecule has 0 aliphatic heterocycles. The number of hydrogen-bond acceptors (Lipinski definition) is 1. The minimum Gasteiger partial charge on any atom is -0.385 e. The third-order valence-electron chi connectivity index (χ3n) is 2.18. The summed E-state index contributed by atoms with van der Waals surface area (Å²) >= 11 is 5.68. The molecule has 1 aliphatic carbocycles. The molecule has 1 aromatic rings. The van der Waals surface area contributed by atoms with Gasteiger partial charge >= 0.3 is 0 Å². The van der Waals surface area contributed by atoms with Gasteiger partial charge in [0.2, 0.25) is 0 Å². The van der Waals surface area contributed by atoms with Gasteiger partial charge < -0.3 is 5.11 Å². The van der Waals surface area contributed by atoms with E-state index in [9.17, 15) is 9.50 Å². The van der Waals surface area contributed by atoms with Gasteiger partial charge in [-0.15, -0.1) is 0 Å². The standard InChI is InChI=1S/C9H8ClFO/c10-8-6(9(12)4-5-9)2-1-3-7(8)11/h1-3,12H,4-5H2. The van der Waals surface area contributed by atoms with Crippen LogP contribution < -0.4 is 0 Å². The average molecular weight is 187 g/mol. The highest BCUT2D eigenvalue weighted by Crippen LogP contribution is 2.48. The molecule has 1 aliphatic rings. The molecule has 1 nitrogen and oxygen atoms in total. The van der Waals surface area contributed by atoms with Crippen LogP contribution in [0.1, 0.15) is 18.4 Å². The molecule has 0 amide bonds. The molecule has 3 heteroatoms. The van der Waals surface area contributed by atoms with Crippen molar-refractivity contribution < 1.29 is 9.50 Å². The molecule has 64 valence electrons. The van der Waals surface area contributed by atoms with E-state index < -0.39 is 11.4 Å². The number of benzene rings is 1. The van der Waals surface area contributed by atoms with Gasteiger partial charge in [0.05, 0.1) is 10.6 Å². The van der Waals surface area contributed by atoms with Crippen molar-refractivity contribution in [2.24, 2.45) is 0 Å². The van der Waals surface area contributed by atoms with E-state index in [0.29, 0.717) is 18.4 Å². The number of hydrogen-bond donors (Lipinski definition) is 1. The number of rotatable bonds is 1. The summed E-state index contributed by atoms with van der Waals surface area (Å²) in [5.74, 6) is -0.463. The summed E-state index contributed by atoms with van der Waals surface area (Å²) in [4.78, 5) is 0. The Morgan fingerprint density at radius 3 is 2.67 bits per heavy atom. The lowest BCUT2D eigenvalue weighted by Crippen LogP contribution is -2.05. The fourth-order valence-corrected chi connectivity index (χ4v) is 1.55. The highest BCUT2D eigenvalue weighted by molar-refractivity contribution is 6.31. The van der Waals surface area contributed by atoms with E-state index in [4.69, 9.17) is 11.6 Å². The monoisotopic (exact) mass is 186 g/mol. The normalized spacial score (nSPS) is 19.2. The minimum absolute atomic E-state index is 0.0532. The summed E-state index contributed by atoms with van der Waals surface area (Å²) in [6, 6.07) is 4.52. The van der Waals surface area contributed by atoms with Crippen LogP contribution in [0.3, 0.4) is 0 Å². The van der Waals surface area contributed by atoms with E-state index in [2.05, 4.69) is 0 Å². The second kappa shape index (κ2) is 2.44. The highest BCUT2D eigenvalue weighted by Gasteiger charge is 2.43. The van der Waals surface area contributed by atoms with E-state index in [0.717, 1.165) is 0 Å². The van der Waals surface area contributed by atoms with Crippen molar-refractivity contribution in [1.82, 2.24) is 0 Å². The Morgan fingerprint density at radius 2 is 2.08 bits per heavy atom. The topological polar surface area (TPSA) is 20.2 Å². The van der Waals surface area contributed by atoms with Crippen molar-refractivity contribution in [3.63, 3.8) is 0 Å². The SMILES string of the molecule is OC1(c2cccc(F)c2Cl)CC1. The Hall–Kier alpha value is -0.600. The second-order valence-electron chi connectivity index (χ2n) is 3.13. The molecule has 0 saturated heterocycles. The van der Waals surface area contributed by atoms with E-state index in [-0.39, 0.29) is 5.02 Å². The molecular formula is C9H8ClFO. The first kappa shape index (κ1) is 8.02. The van der Waals surface area contributed by atoms with Gasteiger partial charge in [0, 0.05) is 5.56 Å². The lowest BCUT2D eigenvalue weighted by Gasteiger charge is -2.09. The van der Waals surface area contributed by atoms with Crippen molar-refractivity contribution in [2.45, 2.75) is 18.4 Å². The summed E-state index contributed by atoms with van der Waals surface area (Å²) in [6.45, 7) is 0. The maximum Gasteiger partial charge on any atom is 0.142 e. The van der Waals surface area contributed by atoms with Crippen LogP contribution in [0.2, 0.25) is 5.02 Å². The molecule has 1 saturated carbocycles. The quantitative estimate of drug-likeness (QED) is 0.715. The van der Waals surface area contributed by atoms with E-state index in [1.54, 1.807) is 12.1 Å². The predicted octanol–water partition coefficient (Wildman–Crippen LogP) is 2.46. The van der Waals surface area contributed by atoms with Crippen molar-refractivity contribution in [3.05, 3.63) is 34.6 Å². The summed E-state index contributed by atoms with van der Waals surface area (Å²) < 4.78 is 12.9. The number of halogens is 2. The minimum atomic E-state index is -0.848. The molecule has 12 heavy (non-hydrogen) atoms. The average Bonchev–Trinajstić information content (AvgIpc) is 2.75. The van der Waals surface area contributed by atoms with Crippen LogP contribution in [0.5, 0.6) is 0 Å². The molecule has 1 N–H and O–H groups in total. The zero-order valence-electron chi connectivity index (χ0n) is 6.35. The van der Waals surface area contributed by atoms with Gasteiger partial charge in [0.25, 0.3) is 0 Å². The highest BCUT2D eigenvalue weighted by atomic mass is 35.5. The molecule has 0 heterocycles. The molecule has 0 bridgehead atoms. The molecule has 1 aromatic carbocycles. The van der Waals surface area contributed by atoms with Crippen LogP contribution in [0.4, 0.5) is 4.39 Å². The first-order valence-corrected chi connectivity index (χ1v) is 4.18. The van der Waals surface area contributed by atoms with Gasteiger partial charge in [-0.2, -0.15) is 0 Å². The third-order valence-corrected chi connectivity index (χ3v) is 2.56. The molecule has 2 rings (SSSR count). The van der Waals surface area contributed by atoms with Crippen LogP contribution in [-0.4, -0.2) is 5.11 Å². The van der Waals surface area contributed by atoms with Crippen LogP contribution in [0.15, 0.2) is 18.2 Å². The smallest absolute Gasteiger partial charge is 0.142 e. The van der Waals surface area contributed by atoms with Crippen molar-refractivity contribution in [3.8, 4) is 0 Å². The molecule has 0 aromatic heterocycles. The largest absolute Gasteiger partial charge is 0.385 e. The number of aliphatic hydroxyl groups is 1. The summed E-state index contributed by atoms with van der Waals surface area (Å²) in [5.41, 5.74) is -0.330. The lowest BCUT2D eigenvalue weighted by atomic mass is 10.1. The molecule has 0 spiro atoms. The van der Waals surface area contributed by atoms with Gasteiger partial charge in [-0.3, -0.25) is 0 Å². The first-order chi connectivity index (χ1) is 5.63. The van der Waals surface area contributed by atoms with Gasteiger partial charge in [0.15, 0.2) is 0 Å². The Morgan fingerprint density at radius 1 is 1.42 bits per heavy atom. The van der Waals surface area contributed by atoms with Gasteiger partial charge in [-0.05, 0) is 18.9 Å². The maximum atomic E-state index is 12.9. The molecule has 1 fully saturated rings. The maximum absolute atomic E-state index is 12.9. The van der Waals surface area contributed by atoms with Crippen molar-refractivity contribution in [1.29, 1.82) is 0 Å². The Balaban J connectivity index is 2.51. The van der Waals surface area contributed by atoms with E-state index in [1.807, 2.05) is 0 Å².